The number of methoxy groups -OCH3 is 2. The Morgan fingerprint density at radius 2 is 1.52 bits per heavy atom. The van der Waals surface area contributed by atoms with Gasteiger partial charge >= 0.3 is 5.97 Å². The monoisotopic (exact) mass is 768 g/mol. The SMILES string of the molecule is COc1ccc(CCO[C@@H]2O[C@H](C[C@H]3OC[C@H](O)[C@H](O)[C@H]3O)[C@@H](OC(=O)C=Cc3ccc(O)c(OC)c3)[C@H](O[C@@H]3O[C@@H](C)[C@H](O)[C@@H](O)[C@H]3O)[C@H]2O)cc1O. The van der Waals surface area contributed by atoms with Crippen LogP contribution < -0.4 is 9.47 Å². The first-order valence-corrected chi connectivity index (χ1v) is 17.3. The van der Waals surface area contributed by atoms with Gasteiger partial charge in [-0.1, -0.05) is 12.1 Å². The molecule has 0 saturated carbocycles. The molecule has 300 valence electrons. The van der Waals surface area contributed by atoms with Crippen LogP contribution in [0.15, 0.2) is 42.5 Å². The van der Waals surface area contributed by atoms with E-state index >= 15 is 0 Å². The van der Waals surface area contributed by atoms with Crippen molar-refractivity contribution in [2.45, 2.75) is 106 Å². The lowest BCUT2D eigenvalue weighted by atomic mass is 9.90. The van der Waals surface area contributed by atoms with Gasteiger partial charge in [-0.05, 0) is 54.8 Å². The molecule has 0 unspecified atom stereocenters. The van der Waals surface area contributed by atoms with Gasteiger partial charge in [-0.15, -0.1) is 0 Å². The molecule has 3 aliphatic heterocycles. The maximum Gasteiger partial charge on any atom is 0.331 e. The fourth-order valence-electron chi connectivity index (χ4n) is 6.42. The van der Waals surface area contributed by atoms with E-state index in [1.807, 2.05) is 0 Å². The summed E-state index contributed by atoms with van der Waals surface area (Å²) in [5, 5.41) is 94.6. The standard InChI is InChI=1S/C36H48O18/c1-16-27(41)30(44)31(45)36(51-16)54-34-32(46)35(49-11-10-18-5-8-22(47-2)20(38)12-18)52-25(14-24-29(43)28(42)21(39)15-50-24)33(34)53-26(40)9-6-17-4-7-19(37)23(13-17)48-3/h4-9,12-13,16,21,24-25,27-39,41-46H,10-11,14-15H2,1-3H3/t16-,21-,24+,25+,27-,28-,29-,30+,31+,32+,33+,34+,35+,36-/m0/s1. The van der Waals surface area contributed by atoms with Crippen LogP contribution in [0.1, 0.15) is 24.5 Å². The third-order valence-corrected chi connectivity index (χ3v) is 9.57. The average Bonchev–Trinajstić information content (AvgIpc) is 3.15. The zero-order valence-corrected chi connectivity index (χ0v) is 29.7. The second-order valence-electron chi connectivity index (χ2n) is 13.3. The molecule has 0 aromatic heterocycles. The molecule has 0 amide bonds. The number of phenolic OH excluding ortho intramolecular Hbond substituents is 2. The third-order valence-electron chi connectivity index (χ3n) is 9.57. The Morgan fingerprint density at radius 1 is 0.778 bits per heavy atom. The number of esters is 1. The lowest BCUT2D eigenvalue weighted by Crippen LogP contribution is -2.65. The van der Waals surface area contributed by atoms with Gasteiger partial charge in [0.25, 0.3) is 0 Å². The van der Waals surface area contributed by atoms with Crippen LogP contribution in [-0.4, -0.2) is 165 Å². The molecule has 18 heteroatoms. The van der Waals surface area contributed by atoms with Gasteiger partial charge in [-0.25, -0.2) is 4.79 Å². The highest BCUT2D eigenvalue weighted by atomic mass is 16.7. The molecule has 54 heavy (non-hydrogen) atoms. The van der Waals surface area contributed by atoms with E-state index in [4.69, 9.17) is 37.9 Å². The number of aromatic hydroxyl groups is 2. The smallest absolute Gasteiger partial charge is 0.331 e. The fourth-order valence-corrected chi connectivity index (χ4v) is 6.42. The number of carbonyl (C=O) groups is 1. The number of phenols is 2. The van der Waals surface area contributed by atoms with Gasteiger partial charge in [-0.3, -0.25) is 0 Å². The third kappa shape index (κ3) is 9.59. The molecular weight excluding hydrogens is 720 g/mol. The number of benzene rings is 2. The highest BCUT2D eigenvalue weighted by Crippen LogP contribution is 2.35. The maximum atomic E-state index is 13.4. The van der Waals surface area contributed by atoms with Crippen LogP contribution in [0.2, 0.25) is 0 Å². The van der Waals surface area contributed by atoms with E-state index in [-0.39, 0.29) is 49.1 Å². The fraction of sp³-hybridized carbons (Fsp3) is 0.583. The molecule has 0 bridgehead atoms. The zero-order valence-electron chi connectivity index (χ0n) is 29.7. The van der Waals surface area contributed by atoms with Crippen LogP contribution >= 0.6 is 0 Å². The number of aliphatic hydroxyl groups is 7. The molecular formula is C36H48O18. The first-order chi connectivity index (χ1) is 25.7. The Bertz CT molecular complexity index is 1570. The van der Waals surface area contributed by atoms with Crippen LogP contribution in [-0.2, 0) is 39.6 Å². The average molecular weight is 769 g/mol. The van der Waals surface area contributed by atoms with E-state index in [1.165, 1.54) is 51.5 Å². The van der Waals surface area contributed by atoms with Crippen molar-refractivity contribution < 1.29 is 88.6 Å². The van der Waals surface area contributed by atoms with Gasteiger partial charge in [0.15, 0.2) is 41.7 Å². The normalized spacial score (nSPS) is 35.8. The predicted octanol–water partition coefficient (Wildman–Crippen LogP) is -1.53. The van der Waals surface area contributed by atoms with Crippen molar-refractivity contribution in [1.29, 1.82) is 0 Å². The summed E-state index contributed by atoms with van der Waals surface area (Å²) < 4.78 is 45.4. The highest BCUT2D eigenvalue weighted by molar-refractivity contribution is 5.87. The van der Waals surface area contributed by atoms with Crippen molar-refractivity contribution in [3.05, 3.63) is 53.6 Å². The number of aliphatic hydroxyl groups excluding tert-OH is 7. The van der Waals surface area contributed by atoms with Crippen molar-refractivity contribution in [3.8, 4) is 23.0 Å². The number of hydrogen-bond donors (Lipinski definition) is 9. The van der Waals surface area contributed by atoms with Gasteiger partial charge in [0.2, 0.25) is 0 Å². The van der Waals surface area contributed by atoms with Gasteiger partial charge in [0, 0.05) is 12.5 Å². The Morgan fingerprint density at radius 3 is 2.22 bits per heavy atom. The topological polar surface area (TPSA) is 273 Å². The molecule has 3 aliphatic rings. The highest BCUT2D eigenvalue weighted by Gasteiger charge is 2.53. The van der Waals surface area contributed by atoms with Crippen LogP contribution in [0, 0.1) is 0 Å². The zero-order chi connectivity index (χ0) is 39.3. The van der Waals surface area contributed by atoms with Gasteiger partial charge in [0.05, 0.1) is 39.6 Å². The van der Waals surface area contributed by atoms with Crippen molar-refractivity contribution in [1.82, 2.24) is 0 Å². The summed E-state index contributed by atoms with van der Waals surface area (Å²) in [7, 11) is 2.76. The van der Waals surface area contributed by atoms with Crippen LogP contribution in [0.5, 0.6) is 23.0 Å². The summed E-state index contributed by atoms with van der Waals surface area (Å²) >= 11 is 0. The molecule has 5 rings (SSSR count). The summed E-state index contributed by atoms with van der Waals surface area (Å²) in [5.41, 5.74) is 1.08. The minimum absolute atomic E-state index is 0.0891. The van der Waals surface area contributed by atoms with Gasteiger partial charge < -0.3 is 83.9 Å². The van der Waals surface area contributed by atoms with E-state index in [0.717, 1.165) is 6.08 Å². The summed E-state index contributed by atoms with van der Waals surface area (Å²) in [4.78, 5) is 13.4. The van der Waals surface area contributed by atoms with Gasteiger partial charge in [0.1, 0.15) is 54.9 Å². The van der Waals surface area contributed by atoms with Crippen LogP contribution in [0.4, 0.5) is 0 Å². The molecule has 3 fully saturated rings. The van der Waals surface area contributed by atoms with E-state index in [2.05, 4.69) is 0 Å². The molecule has 2 aromatic rings. The number of hydrogen-bond acceptors (Lipinski definition) is 18. The van der Waals surface area contributed by atoms with E-state index in [9.17, 15) is 50.8 Å². The molecule has 14 atom stereocenters. The predicted molar refractivity (Wildman–Crippen MR) is 182 cm³/mol. The molecule has 3 saturated heterocycles. The quantitative estimate of drug-likeness (QED) is 0.0826. The van der Waals surface area contributed by atoms with Crippen LogP contribution in [0.25, 0.3) is 6.08 Å². The Kier molecular flexibility index (Phi) is 14.1. The van der Waals surface area contributed by atoms with Gasteiger partial charge in [-0.2, -0.15) is 0 Å². The second kappa shape index (κ2) is 18.3. The molecule has 3 heterocycles. The Labute approximate surface area is 310 Å². The van der Waals surface area contributed by atoms with E-state index in [1.54, 1.807) is 12.1 Å². The van der Waals surface area contributed by atoms with Crippen molar-refractivity contribution >= 4 is 12.0 Å². The Hall–Kier alpha value is -3.63. The van der Waals surface area contributed by atoms with Crippen molar-refractivity contribution in [2.24, 2.45) is 0 Å². The summed E-state index contributed by atoms with van der Waals surface area (Å²) in [5.74, 6) is -0.809. The summed E-state index contributed by atoms with van der Waals surface area (Å²) in [6.07, 6.45) is -19.0. The van der Waals surface area contributed by atoms with Crippen molar-refractivity contribution in [2.75, 3.05) is 27.4 Å². The molecule has 9 N–H and O–H groups in total. The lowest BCUT2D eigenvalue weighted by molar-refractivity contribution is -0.358. The minimum Gasteiger partial charge on any atom is -0.504 e. The number of rotatable bonds is 13. The minimum atomic E-state index is -1.83. The second-order valence-corrected chi connectivity index (χ2v) is 13.3. The molecule has 2 aromatic carbocycles. The van der Waals surface area contributed by atoms with Crippen molar-refractivity contribution in [3.63, 3.8) is 0 Å². The largest absolute Gasteiger partial charge is 0.504 e. The molecule has 0 spiro atoms. The first kappa shape index (κ1) is 41.5. The molecule has 0 radical (unpaired) electrons. The maximum absolute atomic E-state index is 13.4. The number of carbonyl (C=O) groups excluding carboxylic acids is 1. The molecule has 18 nitrogen and oxygen atoms in total. The van der Waals surface area contributed by atoms with E-state index < -0.39 is 91.8 Å². The summed E-state index contributed by atoms with van der Waals surface area (Å²) in [6, 6.07) is 9.04. The lowest BCUT2D eigenvalue weighted by Gasteiger charge is -2.48. The first-order valence-electron chi connectivity index (χ1n) is 17.3. The summed E-state index contributed by atoms with van der Waals surface area (Å²) in [6.45, 7) is 0.981. The number of ether oxygens (including phenoxy) is 8. The Balaban J connectivity index is 1.44. The van der Waals surface area contributed by atoms with E-state index in [0.29, 0.717) is 11.1 Å². The molecule has 0 aliphatic carbocycles. The van der Waals surface area contributed by atoms with Crippen LogP contribution in [0.3, 0.4) is 0 Å².